The first kappa shape index (κ1) is 11.9. The molecule has 1 atom stereocenters. The Balaban J connectivity index is 2.14. The topological polar surface area (TPSA) is 29.1 Å². The van der Waals surface area contributed by atoms with Crippen molar-refractivity contribution in [3.05, 3.63) is 33.3 Å². The number of carbonyl (C=O) groups is 1. The molecule has 1 unspecified atom stereocenters. The summed E-state index contributed by atoms with van der Waals surface area (Å²) in [6, 6.07) is 5.77. The monoisotopic (exact) mass is 301 g/mol. The number of carbonyl (C=O) groups excluding carboxylic acids is 1. The fraction of sp³-hybridized carbons (Fsp3) is 0.417. The molecule has 0 spiro atoms. The largest absolute Gasteiger partial charge is 0.356 e. The zero-order valence-corrected chi connectivity index (χ0v) is 11.1. The predicted octanol–water partition coefficient (Wildman–Crippen LogP) is 3.17. The summed E-state index contributed by atoms with van der Waals surface area (Å²) in [6.45, 7) is 0.812. The van der Waals surface area contributed by atoms with Gasteiger partial charge < -0.3 is 5.32 Å². The van der Waals surface area contributed by atoms with Crippen LogP contribution in [-0.4, -0.2) is 12.5 Å². The van der Waals surface area contributed by atoms with Gasteiger partial charge in [-0.25, -0.2) is 0 Å². The Morgan fingerprint density at radius 2 is 2.31 bits per heavy atom. The Bertz CT molecular complexity index is 408. The standard InChI is InChI=1S/C12H13BrClNO/c13-11-8(3-1-5-10(11)14)7-9-4-2-6-15-12(9)16/h1,3,5,9H,2,4,6-7H2,(H,15,16). The van der Waals surface area contributed by atoms with Crippen LogP contribution in [0.3, 0.4) is 0 Å². The van der Waals surface area contributed by atoms with E-state index in [4.69, 9.17) is 11.6 Å². The Kier molecular flexibility index (Phi) is 3.87. The number of hydrogen-bond donors (Lipinski definition) is 1. The van der Waals surface area contributed by atoms with Crippen molar-refractivity contribution >= 4 is 33.4 Å². The van der Waals surface area contributed by atoms with Crippen molar-refractivity contribution in [3.63, 3.8) is 0 Å². The highest BCUT2D eigenvalue weighted by Crippen LogP contribution is 2.29. The molecule has 1 aromatic carbocycles. The highest BCUT2D eigenvalue weighted by atomic mass is 79.9. The fourth-order valence-corrected chi connectivity index (χ4v) is 2.62. The first-order chi connectivity index (χ1) is 7.68. The molecular weight excluding hydrogens is 289 g/mol. The number of hydrogen-bond acceptors (Lipinski definition) is 1. The second-order valence-corrected chi connectivity index (χ2v) is 5.25. The molecular formula is C12H13BrClNO. The van der Waals surface area contributed by atoms with Crippen molar-refractivity contribution in [1.29, 1.82) is 0 Å². The highest BCUT2D eigenvalue weighted by Gasteiger charge is 2.23. The minimum atomic E-state index is 0.0866. The molecule has 2 nitrogen and oxygen atoms in total. The number of rotatable bonds is 2. The normalized spacial score (nSPS) is 20.6. The molecule has 1 aromatic rings. The first-order valence-electron chi connectivity index (χ1n) is 5.39. The molecule has 0 radical (unpaired) electrons. The van der Waals surface area contributed by atoms with Gasteiger partial charge in [-0.2, -0.15) is 0 Å². The third-order valence-corrected chi connectivity index (χ3v) is 4.38. The van der Waals surface area contributed by atoms with Gasteiger partial charge in [0.1, 0.15) is 0 Å². The Morgan fingerprint density at radius 3 is 3.06 bits per heavy atom. The molecule has 1 aliphatic heterocycles. The molecule has 1 fully saturated rings. The number of amides is 1. The number of halogens is 2. The predicted molar refractivity (Wildman–Crippen MR) is 68.6 cm³/mol. The van der Waals surface area contributed by atoms with Crippen molar-refractivity contribution in [2.24, 2.45) is 5.92 Å². The van der Waals surface area contributed by atoms with Crippen LogP contribution in [0.2, 0.25) is 5.02 Å². The molecule has 16 heavy (non-hydrogen) atoms. The van der Waals surface area contributed by atoms with Crippen LogP contribution in [0.25, 0.3) is 0 Å². The van der Waals surface area contributed by atoms with Gasteiger partial charge in [0.25, 0.3) is 0 Å². The lowest BCUT2D eigenvalue weighted by atomic mass is 9.91. The van der Waals surface area contributed by atoms with Gasteiger partial charge in [0.15, 0.2) is 0 Å². The van der Waals surface area contributed by atoms with Gasteiger partial charge in [0.05, 0.1) is 5.02 Å². The minimum absolute atomic E-state index is 0.0866. The van der Waals surface area contributed by atoms with E-state index in [0.29, 0.717) is 5.02 Å². The van der Waals surface area contributed by atoms with E-state index in [-0.39, 0.29) is 11.8 Å². The maximum atomic E-state index is 11.6. The van der Waals surface area contributed by atoms with Gasteiger partial charge in [0.2, 0.25) is 5.91 Å². The minimum Gasteiger partial charge on any atom is -0.356 e. The summed E-state index contributed by atoms with van der Waals surface area (Å²) in [6.07, 6.45) is 2.78. The first-order valence-corrected chi connectivity index (χ1v) is 6.56. The van der Waals surface area contributed by atoms with E-state index >= 15 is 0 Å². The number of benzene rings is 1. The fourth-order valence-electron chi connectivity index (χ4n) is 2.00. The summed E-state index contributed by atoms with van der Waals surface area (Å²) in [5.74, 6) is 0.252. The van der Waals surface area contributed by atoms with Gasteiger partial charge in [-0.1, -0.05) is 23.7 Å². The molecule has 0 bridgehead atoms. The van der Waals surface area contributed by atoms with Crippen molar-refractivity contribution in [1.82, 2.24) is 5.32 Å². The van der Waals surface area contributed by atoms with E-state index in [1.165, 1.54) is 0 Å². The summed E-state index contributed by atoms with van der Waals surface area (Å²) in [5.41, 5.74) is 1.11. The van der Waals surface area contributed by atoms with E-state index in [0.717, 1.165) is 35.8 Å². The third kappa shape index (κ3) is 2.58. The van der Waals surface area contributed by atoms with Crippen LogP contribution in [0.5, 0.6) is 0 Å². The summed E-state index contributed by atoms with van der Waals surface area (Å²) in [5, 5.41) is 3.60. The van der Waals surface area contributed by atoms with Gasteiger partial charge in [0, 0.05) is 16.9 Å². The van der Waals surface area contributed by atoms with E-state index in [2.05, 4.69) is 21.2 Å². The van der Waals surface area contributed by atoms with Crippen LogP contribution < -0.4 is 5.32 Å². The maximum Gasteiger partial charge on any atom is 0.223 e. The third-order valence-electron chi connectivity index (χ3n) is 2.90. The van der Waals surface area contributed by atoms with Crippen LogP contribution in [0.4, 0.5) is 0 Å². The van der Waals surface area contributed by atoms with E-state index < -0.39 is 0 Å². The van der Waals surface area contributed by atoms with Crippen LogP contribution in [0.15, 0.2) is 22.7 Å². The van der Waals surface area contributed by atoms with Crippen molar-refractivity contribution < 1.29 is 4.79 Å². The van der Waals surface area contributed by atoms with Crippen molar-refractivity contribution in [3.8, 4) is 0 Å². The molecule has 0 aromatic heterocycles. The van der Waals surface area contributed by atoms with Gasteiger partial charge >= 0.3 is 0 Å². The second kappa shape index (κ2) is 5.19. The molecule has 0 aliphatic carbocycles. The summed E-state index contributed by atoms with van der Waals surface area (Å²) in [7, 11) is 0. The van der Waals surface area contributed by atoms with E-state index in [1.807, 2.05) is 18.2 Å². The van der Waals surface area contributed by atoms with Crippen molar-refractivity contribution in [2.45, 2.75) is 19.3 Å². The molecule has 0 saturated carbocycles. The Labute approximate surface area is 108 Å². The van der Waals surface area contributed by atoms with Crippen LogP contribution in [0, 0.1) is 5.92 Å². The average Bonchev–Trinajstić information content (AvgIpc) is 2.28. The zero-order chi connectivity index (χ0) is 11.5. The lowest BCUT2D eigenvalue weighted by molar-refractivity contribution is -0.126. The lowest BCUT2D eigenvalue weighted by Crippen LogP contribution is -2.37. The maximum absolute atomic E-state index is 11.6. The molecule has 1 aliphatic rings. The SMILES string of the molecule is O=C1NCCCC1Cc1cccc(Cl)c1Br. The molecule has 1 saturated heterocycles. The Hall–Kier alpha value is -0.540. The van der Waals surface area contributed by atoms with Crippen LogP contribution in [-0.2, 0) is 11.2 Å². The van der Waals surface area contributed by atoms with Gasteiger partial charge in [-0.05, 0) is 46.8 Å². The summed E-state index contributed by atoms with van der Waals surface area (Å²) < 4.78 is 0.912. The Morgan fingerprint density at radius 1 is 1.50 bits per heavy atom. The lowest BCUT2D eigenvalue weighted by Gasteiger charge is -2.22. The molecule has 1 N–H and O–H groups in total. The summed E-state index contributed by atoms with van der Waals surface area (Å²) in [4.78, 5) is 11.6. The van der Waals surface area contributed by atoms with Crippen molar-refractivity contribution in [2.75, 3.05) is 6.54 Å². The van der Waals surface area contributed by atoms with E-state index in [1.54, 1.807) is 0 Å². The quantitative estimate of drug-likeness (QED) is 0.893. The van der Waals surface area contributed by atoms with Crippen LogP contribution in [0.1, 0.15) is 18.4 Å². The number of nitrogens with one attached hydrogen (secondary N) is 1. The van der Waals surface area contributed by atoms with Crippen LogP contribution >= 0.6 is 27.5 Å². The molecule has 1 heterocycles. The highest BCUT2D eigenvalue weighted by molar-refractivity contribution is 9.10. The molecule has 86 valence electrons. The smallest absolute Gasteiger partial charge is 0.223 e. The average molecular weight is 303 g/mol. The van der Waals surface area contributed by atoms with Gasteiger partial charge in [-0.3, -0.25) is 4.79 Å². The molecule has 1 amide bonds. The molecule has 2 rings (SSSR count). The second-order valence-electron chi connectivity index (χ2n) is 4.05. The molecule has 4 heteroatoms. The van der Waals surface area contributed by atoms with Gasteiger partial charge in [-0.15, -0.1) is 0 Å². The number of piperidine rings is 1. The van der Waals surface area contributed by atoms with E-state index in [9.17, 15) is 4.79 Å². The summed E-state index contributed by atoms with van der Waals surface area (Å²) >= 11 is 9.48. The zero-order valence-electron chi connectivity index (χ0n) is 8.80.